The van der Waals surface area contributed by atoms with Gasteiger partial charge in [0.15, 0.2) is 0 Å². The standard InChI is InChI=1S/C28H25N5/c1-19-22(14-8-16-29-19)31-24-17-26-28(18-25(24)30-20-9-7-10-20)33(21-11-3-2-4-12-21)27-15-6-5-13-23(27)32-26/h2-6,8,11-18,20,31H,7,9-10H2,1H3/b30-25+. The molecule has 2 heterocycles. The van der Waals surface area contributed by atoms with Crippen molar-refractivity contribution in [3.63, 3.8) is 0 Å². The van der Waals surface area contributed by atoms with Crippen LogP contribution in [0.25, 0.3) is 28.1 Å². The first-order chi connectivity index (χ1) is 16.3. The molecular formula is C28H25N5. The summed E-state index contributed by atoms with van der Waals surface area (Å²) in [6, 6.07) is 27.5. The number of aryl methyl sites for hydroxylation is 1. The predicted molar refractivity (Wildman–Crippen MR) is 133 cm³/mol. The summed E-state index contributed by atoms with van der Waals surface area (Å²) in [5.74, 6) is 0. The number of nitrogens with zero attached hydrogens (tertiary/aromatic N) is 4. The van der Waals surface area contributed by atoms with Gasteiger partial charge in [-0.1, -0.05) is 30.3 Å². The average molecular weight is 432 g/mol. The van der Waals surface area contributed by atoms with Crippen LogP contribution in [0.2, 0.25) is 0 Å². The second-order valence-electron chi connectivity index (χ2n) is 8.60. The van der Waals surface area contributed by atoms with E-state index in [1.165, 1.54) is 6.42 Å². The lowest BCUT2D eigenvalue weighted by molar-refractivity contribution is 0.413. The van der Waals surface area contributed by atoms with Gasteiger partial charge in [0.1, 0.15) is 0 Å². The first-order valence-corrected chi connectivity index (χ1v) is 11.5. The molecule has 1 fully saturated rings. The smallest absolute Gasteiger partial charge is 0.0900 e. The third-order valence-electron chi connectivity index (χ3n) is 6.38. The molecule has 0 bridgehead atoms. The minimum Gasteiger partial charge on any atom is -0.352 e. The van der Waals surface area contributed by atoms with E-state index in [2.05, 4.69) is 75.5 Å². The highest BCUT2D eigenvalue weighted by Gasteiger charge is 2.19. The van der Waals surface area contributed by atoms with Crippen LogP contribution in [-0.2, 0) is 0 Å². The fraction of sp³-hybridized carbons (Fsp3) is 0.179. The number of nitrogens with one attached hydrogen (secondary N) is 1. The van der Waals surface area contributed by atoms with Crippen molar-refractivity contribution in [3.05, 3.63) is 96.1 Å². The van der Waals surface area contributed by atoms with E-state index < -0.39 is 0 Å². The lowest BCUT2D eigenvalue weighted by Crippen LogP contribution is -2.22. The van der Waals surface area contributed by atoms with Gasteiger partial charge in [-0.15, -0.1) is 0 Å². The molecule has 1 aliphatic heterocycles. The predicted octanol–water partition coefficient (Wildman–Crippen LogP) is 6.03. The Hall–Kier alpha value is -3.99. The molecule has 1 aromatic heterocycles. The van der Waals surface area contributed by atoms with Crippen molar-refractivity contribution in [2.24, 2.45) is 4.99 Å². The molecule has 0 radical (unpaired) electrons. The highest BCUT2D eigenvalue weighted by molar-refractivity contribution is 5.84. The van der Waals surface area contributed by atoms with E-state index in [0.29, 0.717) is 6.04 Å². The van der Waals surface area contributed by atoms with E-state index >= 15 is 0 Å². The Balaban J connectivity index is 1.64. The summed E-state index contributed by atoms with van der Waals surface area (Å²) in [5.41, 5.74) is 8.03. The third kappa shape index (κ3) is 3.65. The molecule has 5 nitrogen and oxygen atoms in total. The molecule has 3 aliphatic rings. The second kappa shape index (κ2) is 8.17. The van der Waals surface area contributed by atoms with Gasteiger partial charge in [0, 0.05) is 11.9 Å². The Morgan fingerprint density at radius 3 is 2.52 bits per heavy atom. The number of aromatic nitrogens is 3. The number of hydrogen-bond donors (Lipinski definition) is 1. The van der Waals surface area contributed by atoms with E-state index in [1.807, 2.05) is 31.3 Å². The monoisotopic (exact) mass is 431 g/mol. The fourth-order valence-electron chi connectivity index (χ4n) is 4.38. The van der Waals surface area contributed by atoms with Crippen LogP contribution in [0.4, 0.5) is 11.4 Å². The average Bonchev–Trinajstić information content (AvgIpc) is 2.82. The van der Waals surface area contributed by atoms with Crippen molar-refractivity contribution < 1.29 is 0 Å². The van der Waals surface area contributed by atoms with Gasteiger partial charge in [-0.2, -0.15) is 0 Å². The highest BCUT2D eigenvalue weighted by atomic mass is 15.0. The molecule has 162 valence electrons. The van der Waals surface area contributed by atoms with Gasteiger partial charge < -0.3 is 9.88 Å². The summed E-state index contributed by atoms with van der Waals surface area (Å²) in [7, 11) is 0. The van der Waals surface area contributed by atoms with Crippen LogP contribution in [0.15, 0.2) is 90.1 Å². The SMILES string of the molecule is Cc1ncccc1Nc1cc2nc3ccccc3n(-c3ccccc3)c-2c/c1=N\C1CCC1. The largest absolute Gasteiger partial charge is 0.352 e. The van der Waals surface area contributed by atoms with Crippen molar-refractivity contribution in [2.45, 2.75) is 32.2 Å². The third-order valence-corrected chi connectivity index (χ3v) is 6.38. The van der Waals surface area contributed by atoms with Crippen LogP contribution in [0.5, 0.6) is 0 Å². The summed E-state index contributed by atoms with van der Waals surface area (Å²) in [6.07, 6.45) is 5.37. The molecule has 2 aliphatic carbocycles. The molecule has 3 aromatic rings. The second-order valence-corrected chi connectivity index (χ2v) is 8.60. The molecule has 5 heteroatoms. The quantitative estimate of drug-likeness (QED) is 0.354. The van der Waals surface area contributed by atoms with Crippen molar-refractivity contribution in [3.8, 4) is 17.1 Å². The van der Waals surface area contributed by atoms with Gasteiger partial charge >= 0.3 is 0 Å². The van der Waals surface area contributed by atoms with Gasteiger partial charge in [0.05, 0.1) is 50.9 Å². The zero-order valence-electron chi connectivity index (χ0n) is 18.6. The summed E-state index contributed by atoms with van der Waals surface area (Å²) < 4.78 is 2.29. The number of pyridine rings is 1. The van der Waals surface area contributed by atoms with Crippen LogP contribution >= 0.6 is 0 Å². The molecule has 1 saturated carbocycles. The van der Waals surface area contributed by atoms with Crippen LogP contribution in [0.3, 0.4) is 0 Å². The van der Waals surface area contributed by atoms with Crippen molar-refractivity contribution in [1.82, 2.24) is 14.5 Å². The van der Waals surface area contributed by atoms with Crippen LogP contribution in [0, 0.1) is 6.92 Å². The van der Waals surface area contributed by atoms with E-state index in [0.717, 1.165) is 63.4 Å². The molecule has 0 spiro atoms. The molecule has 2 aromatic carbocycles. The Morgan fingerprint density at radius 1 is 0.909 bits per heavy atom. The number of anilines is 2. The van der Waals surface area contributed by atoms with Crippen molar-refractivity contribution in [2.75, 3.05) is 5.32 Å². The molecule has 1 N–H and O–H groups in total. The normalized spacial score (nSPS) is 14.5. The minimum atomic E-state index is 0.386. The molecule has 0 saturated heterocycles. The first kappa shape index (κ1) is 19.7. The van der Waals surface area contributed by atoms with Crippen LogP contribution < -0.4 is 10.7 Å². The summed E-state index contributed by atoms with van der Waals surface area (Å²) in [6.45, 7) is 2.02. The maximum absolute atomic E-state index is 5.13. The first-order valence-electron chi connectivity index (χ1n) is 11.5. The van der Waals surface area contributed by atoms with E-state index in [-0.39, 0.29) is 0 Å². The lowest BCUT2D eigenvalue weighted by atomic mass is 9.94. The number of para-hydroxylation sites is 3. The highest BCUT2D eigenvalue weighted by Crippen LogP contribution is 2.31. The van der Waals surface area contributed by atoms with Gasteiger partial charge in [-0.3, -0.25) is 9.98 Å². The Labute approximate surface area is 192 Å². The lowest BCUT2D eigenvalue weighted by Gasteiger charge is -2.23. The Kier molecular flexibility index (Phi) is 4.87. The van der Waals surface area contributed by atoms with Crippen molar-refractivity contribution >= 4 is 22.4 Å². The van der Waals surface area contributed by atoms with Gasteiger partial charge in [-0.05, 0) is 74.7 Å². The zero-order chi connectivity index (χ0) is 22.2. The number of fused-ring (bicyclic) bond motifs is 2. The van der Waals surface area contributed by atoms with Crippen molar-refractivity contribution in [1.29, 1.82) is 0 Å². The summed E-state index contributed by atoms with van der Waals surface area (Å²) >= 11 is 0. The summed E-state index contributed by atoms with van der Waals surface area (Å²) in [5, 5.41) is 4.56. The maximum atomic E-state index is 5.13. The minimum absolute atomic E-state index is 0.386. The molecule has 33 heavy (non-hydrogen) atoms. The van der Waals surface area contributed by atoms with Gasteiger partial charge in [0.2, 0.25) is 0 Å². The Bertz CT molecular complexity index is 1480. The molecule has 0 atom stereocenters. The van der Waals surface area contributed by atoms with E-state index in [1.54, 1.807) is 0 Å². The van der Waals surface area contributed by atoms with Crippen LogP contribution in [0.1, 0.15) is 25.0 Å². The van der Waals surface area contributed by atoms with E-state index in [4.69, 9.17) is 9.98 Å². The number of hydrogen-bond acceptors (Lipinski definition) is 4. The Morgan fingerprint density at radius 2 is 1.73 bits per heavy atom. The summed E-state index contributed by atoms with van der Waals surface area (Å²) in [4.78, 5) is 14.6. The molecule has 0 unspecified atom stereocenters. The topological polar surface area (TPSA) is 55.1 Å². The fourth-order valence-corrected chi connectivity index (χ4v) is 4.38. The van der Waals surface area contributed by atoms with E-state index in [9.17, 15) is 0 Å². The number of rotatable bonds is 4. The molecule has 6 rings (SSSR count). The van der Waals surface area contributed by atoms with Gasteiger partial charge in [0.25, 0.3) is 0 Å². The number of benzene rings is 3. The van der Waals surface area contributed by atoms with Crippen LogP contribution in [-0.4, -0.2) is 20.6 Å². The zero-order valence-corrected chi connectivity index (χ0v) is 18.6. The molecule has 0 amide bonds. The maximum Gasteiger partial charge on any atom is 0.0900 e. The molecular weight excluding hydrogens is 406 g/mol. The van der Waals surface area contributed by atoms with Gasteiger partial charge in [-0.25, -0.2) is 4.98 Å².